The lowest BCUT2D eigenvalue weighted by atomic mass is 10.0. The predicted octanol–water partition coefficient (Wildman–Crippen LogP) is 2.12. The van der Waals surface area contributed by atoms with Gasteiger partial charge in [0, 0.05) is 12.5 Å². The molecule has 0 saturated carbocycles. The molecule has 0 saturated heterocycles. The van der Waals surface area contributed by atoms with E-state index in [2.05, 4.69) is 10.8 Å². The summed E-state index contributed by atoms with van der Waals surface area (Å²) in [6, 6.07) is 4.08. The summed E-state index contributed by atoms with van der Waals surface area (Å²) in [7, 11) is 1.37. The lowest BCUT2D eigenvalue weighted by molar-refractivity contribution is -0.134. The minimum atomic E-state index is -0.337. The van der Waals surface area contributed by atoms with Crippen molar-refractivity contribution in [3.63, 3.8) is 0 Å². The first kappa shape index (κ1) is 10.7. The number of fused-ring (bicyclic) bond motifs is 1. The molecule has 0 spiro atoms. The normalized spacial score (nSPS) is 13.6. The fraction of sp³-hybridized carbons (Fsp3) is 0.308. The molecule has 16 heavy (non-hydrogen) atoms. The molecule has 0 fully saturated rings. The minimum absolute atomic E-state index is 0.337. The minimum Gasteiger partial charge on any atom is -0.493 e. The SMILES string of the molecule is COC(=O)/C=C/c1cc2c(cc1C)OCC2. The second-order valence-electron chi connectivity index (χ2n) is 3.77. The van der Waals surface area contributed by atoms with E-state index in [1.807, 2.05) is 13.0 Å². The zero-order valence-electron chi connectivity index (χ0n) is 9.45. The first-order valence-electron chi connectivity index (χ1n) is 5.23. The van der Waals surface area contributed by atoms with E-state index in [0.29, 0.717) is 0 Å². The van der Waals surface area contributed by atoms with E-state index in [9.17, 15) is 4.79 Å². The molecule has 1 aliphatic heterocycles. The van der Waals surface area contributed by atoms with Gasteiger partial charge in [0.1, 0.15) is 5.75 Å². The number of ether oxygens (including phenoxy) is 2. The summed E-state index contributed by atoms with van der Waals surface area (Å²) in [5.41, 5.74) is 3.34. The molecule has 1 aromatic carbocycles. The summed E-state index contributed by atoms with van der Waals surface area (Å²) in [6.07, 6.45) is 4.15. The molecule has 3 heteroatoms. The summed E-state index contributed by atoms with van der Waals surface area (Å²) < 4.78 is 10.0. The number of rotatable bonds is 2. The van der Waals surface area contributed by atoms with Crippen LogP contribution in [0.4, 0.5) is 0 Å². The number of carbonyl (C=O) groups excluding carboxylic acids is 1. The third-order valence-corrected chi connectivity index (χ3v) is 2.68. The van der Waals surface area contributed by atoms with E-state index in [0.717, 1.165) is 29.9 Å². The van der Waals surface area contributed by atoms with Crippen LogP contribution in [0.5, 0.6) is 5.75 Å². The molecular formula is C13H14O3. The van der Waals surface area contributed by atoms with E-state index >= 15 is 0 Å². The summed E-state index contributed by atoms with van der Waals surface area (Å²) in [4.78, 5) is 11.0. The lowest BCUT2D eigenvalue weighted by Gasteiger charge is -2.04. The van der Waals surface area contributed by atoms with Gasteiger partial charge < -0.3 is 9.47 Å². The molecule has 0 unspecified atom stereocenters. The molecule has 0 aliphatic carbocycles. The molecule has 0 radical (unpaired) electrons. The van der Waals surface area contributed by atoms with Crippen LogP contribution < -0.4 is 4.74 Å². The zero-order valence-corrected chi connectivity index (χ0v) is 9.45. The maximum Gasteiger partial charge on any atom is 0.330 e. The summed E-state index contributed by atoms with van der Waals surface area (Å²) >= 11 is 0. The Morgan fingerprint density at radius 3 is 3.06 bits per heavy atom. The average Bonchev–Trinajstić information content (AvgIpc) is 2.72. The number of esters is 1. The van der Waals surface area contributed by atoms with Gasteiger partial charge in [-0.1, -0.05) is 0 Å². The number of methoxy groups -OCH3 is 1. The summed E-state index contributed by atoms with van der Waals surface area (Å²) in [5.74, 6) is 0.629. The highest BCUT2D eigenvalue weighted by atomic mass is 16.5. The Morgan fingerprint density at radius 2 is 2.31 bits per heavy atom. The van der Waals surface area contributed by atoms with Crippen LogP contribution in [-0.4, -0.2) is 19.7 Å². The Kier molecular flexibility index (Phi) is 2.95. The molecule has 1 aliphatic rings. The van der Waals surface area contributed by atoms with Crippen LogP contribution in [0.15, 0.2) is 18.2 Å². The first-order chi connectivity index (χ1) is 7.70. The Hall–Kier alpha value is -1.77. The second-order valence-corrected chi connectivity index (χ2v) is 3.77. The van der Waals surface area contributed by atoms with Crippen LogP contribution in [0.1, 0.15) is 16.7 Å². The van der Waals surface area contributed by atoms with Gasteiger partial charge in [-0.3, -0.25) is 0 Å². The number of carbonyl (C=O) groups is 1. The number of aryl methyl sites for hydroxylation is 1. The standard InChI is InChI=1S/C13H14O3/c1-9-7-12-11(5-6-16-12)8-10(9)3-4-13(14)15-2/h3-4,7-8H,5-6H2,1-2H3/b4-3+. The molecule has 2 rings (SSSR count). The van der Waals surface area contributed by atoms with Crippen LogP contribution >= 0.6 is 0 Å². The van der Waals surface area contributed by atoms with Crippen molar-refractivity contribution in [3.05, 3.63) is 34.9 Å². The van der Waals surface area contributed by atoms with Crippen LogP contribution in [0.2, 0.25) is 0 Å². The van der Waals surface area contributed by atoms with Gasteiger partial charge >= 0.3 is 5.97 Å². The van der Waals surface area contributed by atoms with Gasteiger partial charge in [-0.05, 0) is 41.8 Å². The van der Waals surface area contributed by atoms with E-state index in [4.69, 9.17) is 4.74 Å². The van der Waals surface area contributed by atoms with Gasteiger partial charge in [0.05, 0.1) is 13.7 Å². The van der Waals surface area contributed by atoms with Crippen molar-refractivity contribution in [2.45, 2.75) is 13.3 Å². The second kappa shape index (κ2) is 4.39. The molecule has 0 amide bonds. The number of hydrogen-bond acceptors (Lipinski definition) is 3. The van der Waals surface area contributed by atoms with Gasteiger partial charge in [-0.25, -0.2) is 4.79 Å². The lowest BCUT2D eigenvalue weighted by Crippen LogP contribution is -1.94. The van der Waals surface area contributed by atoms with Gasteiger partial charge in [0.25, 0.3) is 0 Å². The van der Waals surface area contributed by atoms with Crippen molar-refractivity contribution in [3.8, 4) is 5.75 Å². The van der Waals surface area contributed by atoms with Crippen molar-refractivity contribution in [2.75, 3.05) is 13.7 Å². The van der Waals surface area contributed by atoms with Crippen LogP contribution in [-0.2, 0) is 16.0 Å². The van der Waals surface area contributed by atoms with Crippen LogP contribution in [0, 0.1) is 6.92 Å². The Balaban J connectivity index is 2.28. The Bertz CT molecular complexity index is 447. The zero-order chi connectivity index (χ0) is 11.5. The van der Waals surface area contributed by atoms with Crippen LogP contribution in [0.3, 0.4) is 0 Å². The fourth-order valence-corrected chi connectivity index (χ4v) is 1.75. The van der Waals surface area contributed by atoms with Crippen molar-refractivity contribution >= 4 is 12.0 Å². The molecular weight excluding hydrogens is 204 g/mol. The summed E-state index contributed by atoms with van der Waals surface area (Å²) in [5, 5.41) is 0. The third-order valence-electron chi connectivity index (χ3n) is 2.68. The molecule has 0 N–H and O–H groups in total. The largest absolute Gasteiger partial charge is 0.493 e. The third kappa shape index (κ3) is 2.08. The van der Waals surface area contributed by atoms with Crippen LogP contribution in [0.25, 0.3) is 6.08 Å². The highest BCUT2D eigenvalue weighted by molar-refractivity contribution is 5.87. The molecule has 0 bridgehead atoms. The van der Waals surface area contributed by atoms with Crippen molar-refractivity contribution in [1.82, 2.24) is 0 Å². The van der Waals surface area contributed by atoms with Gasteiger partial charge in [-0.15, -0.1) is 0 Å². The number of benzene rings is 1. The summed E-state index contributed by atoms with van der Waals surface area (Å²) in [6.45, 7) is 2.75. The quantitative estimate of drug-likeness (QED) is 0.563. The van der Waals surface area contributed by atoms with Crippen molar-refractivity contribution < 1.29 is 14.3 Å². The first-order valence-corrected chi connectivity index (χ1v) is 5.23. The molecule has 1 aromatic rings. The van der Waals surface area contributed by atoms with Crippen molar-refractivity contribution in [1.29, 1.82) is 0 Å². The van der Waals surface area contributed by atoms with Gasteiger partial charge in [-0.2, -0.15) is 0 Å². The number of hydrogen-bond donors (Lipinski definition) is 0. The monoisotopic (exact) mass is 218 g/mol. The molecule has 1 heterocycles. The highest BCUT2D eigenvalue weighted by Gasteiger charge is 2.13. The predicted molar refractivity (Wildman–Crippen MR) is 61.4 cm³/mol. The highest BCUT2D eigenvalue weighted by Crippen LogP contribution is 2.28. The molecule has 84 valence electrons. The molecule has 0 atom stereocenters. The van der Waals surface area contributed by atoms with E-state index < -0.39 is 0 Å². The fourth-order valence-electron chi connectivity index (χ4n) is 1.75. The van der Waals surface area contributed by atoms with E-state index in [1.54, 1.807) is 6.08 Å². The van der Waals surface area contributed by atoms with E-state index in [1.165, 1.54) is 18.7 Å². The maximum atomic E-state index is 11.0. The van der Waals surface area contributed by atoms with Crippen molar-refractivity contribution in [2.24, 2.45) is 0 Å². The molecule has 3 nitrogen and oxygen atoms in total. The Morgan fingerprint density at radius 1 is 1.50 bits per heavy atom. The topological polar surface area (TPSA) is 35.5 Å². The van der Waals surface area contributed by atoms with E-state index in [-0.39, 0.29) is 5.97 Å². The maximum absolute atomic E-state index is 11.0. The van der Waals surface area contributed by atoms with Gasteiger partial charge in [0.2, 0.25) is 0 Å². The average molecular weight is 218 g/mol. The van der Waals surface area contributed by atoms with Gasteiger partial charge in [0.15, 0.2) is 0 Å². The smallest absolute Gasteiger partial charge is 0.330 e. The Labute approximate surface area is 94.7 Å². The molecule has 0 aromatic heterocycles.